The zero-order chi connectivity index (χ0) is 29.2. The summed E-state index contributed by atoms with van der Waals surface area (Å²) in [5, 5.41) is 17.1. The number of nitrogens with zero attached hydrogens (tertiary/aromatic N) is 5. The van der Waals surface area contributed by atoms with Gasteiger partial charge in [0.25, 0.3) is 17.2 Å². The molecule has 0 saturated carbocycles. The molecule has 13 heteroatoms. The van der Waals surface area contributed by atoms with Gasteiger partial charge >= 0.3 is 0 Å². The first-order valence-electron chi connectivity index (χ1n) is 12.5. The number of carbonyl (C=O) groups excluding carboxylic acids is 1. The third-order valence-electron chi connectivity index (χ3n) is 6.33. The van der Waals surface area contributed by atoms with E-state index in [9.17, 15) is 19.7 Å². The number of nitro groups is 1. The molecule has 1 aliphatic rings. The molecular formula is C29H20N6O4S3. The van der Waals surface area contributed by atoms with E-state index < -0.39 is 11.0 Å². The van der Waals surface area contributed by atoms with Crippen molar-refractivity contribution < 1.29 is 9.72 Å². The van der Waals surface area contributed by atoms with Crippen molar-refractivity contribution in [2.45, 2.75) is 23.0 Å². The average Bonchev–Trinajstić information content (AvgIpc) is 3.62. The normalized spacial score (nSPS) is 14.8. The Bertz CT molecular complexity index is 2020. The molecule has 10 nitrogen and oxygen atoms in total. The van der Waals surface area contributed by atoms with Gasteiger partial charge in [0.05, 0.1) is 25.6 Å². The summed E-state index contributed by atoms with van der Waals surface area (Å²) in [7, 11) is 0. The van der Waals surface area contributed by atoms with E-state index in [-0.39, 0.29) is 17.2 Å². The van der Waals surface area contributed by atoms with Crippen LogP contribution in [0.1, 0.15) is 23.4 Å². The number of anilines is 1. The van der Waals surface area contributed by atoms with Gasteiger partial charge in [0, 0.05) is 29.0 Å². The highest BCUT2D eigenvalue weighted by atomic mass is 32.2. The van der Waals surface area contributed by atoms with Crippen LogP contribution < -0.4 is 20.2 Å². The van der Waals surface area contributed by atoms with Gasteiger partial charge in [-0.15, -0.1) is 11.3 Å². The molecule has 5 aromatic rings. The van der Waals surface area contributed by atoms with Gasteiger partial charge in [-0.3, -0.25) is 24.3 Å². The fourth-order valence-corrected chi connectivity index (χ4v) is 7.16. The Morgan fingerprint density at radius 3 is 2.60 bits per heavy atom. The second kappa shape index (κ2) is 11.6. The number of aromatic nitrogens is 3. The summed E-state index contributed by atoms with van der Waals surface area (Å²) in [6, 6.07) is 18.6. The molecule has 208 valence electrons. The molecule has 4 heterocycles. The standard InChI is InChI=1S/C29H20N6O4S3/c1-17-24(26(36)33-19-7-3-2-4-8-19)25(22-9-5-14-40-22)34-27(37)23(42-29(34)32-17)16-18-10-11-21(20(15-18)35(38)39)41-28-30-12-6-13-31-28/h2-16,25H,1H3,(H,33,36)/b23-16+/t25-/m0/s1. The van der Waals surface area contributed by atoms with Gasteiger partial charge in [0.15, 0.2) is 9.96 Å². The molecule has 0 bridgehead atoms. The first-order valence-corrected chi connectivity index (χ1v) is 15.1. The van der Waals surface area contributed by atoms with Gasteiger partial charge in [-0.2, -0.15) is 0 Å². The molecule has 3 aromatic heterocycles. The number of nitrogens with one attached hydrogen (secondary N) is 1. The molecule has 1 N–H and O–H groups in total. The fraction of sp³-hybridized carbons (Fsp3) is 0.0690. The van der Waals surface area contributed by atoms with E-state index in [1.807, 2.05) is 35.7 Å². The number of nitro benzene ring substituents is 1. The fourth-order valence-electron chi connectivity index (χ4n) is 4.49. The molecule has 6 rings (SSSR count). The first-order chi connectivity index (χ1) is 20.4. The predicted octanol–water partition coefficient (Wildman–Crippen LogP) is 4.78. The minimum Gasteiger partial charge on any atom is -0.322 e. The molecule has 1 amide bonds. The Morgan fingerprint density at radius 2 is 1.88 bits per heavy atom. The minimum atomic E-state index is -0.675. The van der Waals surface area contributed by atoms with Crippen LogP contribution in [0.3, 0.4) is 0 Å². The van der Waals surface area contributed by atoms with Gasteiger partial charge < -0.3 is 5.32 Å². The summed E-state index contributed by atoms with van der Waals surface area (Å²) in [4.78, 5) is 53.4. The van der Waals surface area contributed by atoms with Gasteiger partial charge in [-0.25, -0.2) is 15.0 Å². The zero-order valence-electron chi connectivity index (χ0n) is 21.8. The summed E-state index contributed by atoms with van der Waals surface area (Å²) >= 11 is 3.70. The maximum atomic E-state index is 13.9. The molecule has 0 unspecified atom stereocenters. The van der Waals surface area contributed by atoms with E-state index in [1.54, 1.807) is 55.7 Å². The van der Waals surface area contributed by atoms with Crippen LogP contribution in [0, 0.1) is 10.1 Å². The number of carbonyl (C=O) groups is 1. The highest BCUT2D eigenvalue weighted by Crippen LogP contribution is 2.35. The third kappa shape index (κ3) is 5.44. The Balaban J connectivity index is 1.42. The molecule has 42 heavy (non-hydrogen) atoms. The van der Waals surface area contributed by atoms with Crippen LogP contribution in [0.15, 0.2) is 116 Å². The number of para-hydroxylation sites is 1. The van der Waals surface area contributed by atoms with Crippen molar-refractivity contribution >= 4 is 57.8 Å². The maximum Gasteiger partial charge on any atom is 0.283 e. The molecule has 0 radical (unpaired) electrons. The van der Waals surface area contributed by atoms with E-state index in [0.717, 1.165) is 16.6 Å². The monoisotopic (exact) mass is 612 g/mol. The van der Waals surface area contributed by atoms with Crippen LogP contribution in [0.4, 0.5) is 11.4 Å². The Labute approximate surface area is 250 Å². The summed E-state index contributed by atoms with van der Waals surface area (Å²) in [5.41, 5.74) is 1.53. The maximum absolute atomic E-state index is 13.9. The van der Waals surface area contributed by atoms with Crippen molar-refractivity contribution in [3.05, 3.63) is 136 Å². The van der Waals surface area contributed by atoms with Crippen molar-refractivity contribution in [2.75, 3.05) is 5.32 Å². The molecule has 0 saturated heterocycles. The van der Waals surface area contributed by atoms with Crippen molar-refractivity contribution in [1.29, 1.82) is 0 Å². The van der Waals surface area contributed by atoms with Gasteiger partial charge in [0.1, 0.15) is 6.04 Å². The lowest BCUT2D eigenvalue weighted by molar-refractivity contribution is -0.387. The van der Waals surface area contributed by atoms with Crippen LogP contribution in [0.25, 0.3) is 6.08 Å². The Kier molecular flexibility index (Phi) is 7.61. The Morgan fingerprint density at radius 1 is 1.10 bits per heavy atom. The number of allylic oxidation sites excluding steroid dienone is 1. The van der Waals surface area contributed by atoms with Crippen LogP contribution in [0.5, 0.6) is 0 Å². The van der Waals surface area contributed by atoms with Crippen LogP contribution in [-0.4, -0.2) is 25.4 Å². The largest absolute Gasteiger partial charge is 0.322 e. The summed E-state index contributed by atoms with van der Waals surface area (Å²) in [6.45, 7) is 1.76. The van der Waals surface area contributed by atoms with Gasteiger partial charge in [-0.05, 0) is 66.0 Å². The summed E-state index contributed by atoms with van der Waals surface area (Å²) in [6.07, 6.45) is 4.74. The highest BCUT2D eigenvalue weighted by Gasteiger charge is 2.33. The lowest BCUT2D eigenvalue weighted by Gasteiger charge is -2.24. The smallest absolute Gasteiger partial charge is 0.283 e. The Hall–Kier alpha value is -4.72. The van der Waals surface area contributed by atoms with Gasteiger partial charge in [-0.1, -0.05) is 41.7 Å². The van der Waals surface area contributed by atoms with E-state index in [0.29, 0.717) is 41.9 Å². The summed E-state index contributed by atoms with van der Waals surface area (Å²) < 4.78 is 1.87. The van der Waals surface area contributed by atoms with Crippen molar-refractivity contribution in [3.8, 4) is 0 Å². The molecule has 0 spiro atoms. The van der Waals surface area contributed by atoms with Crippen LogP contribution in [-0.2, 0) is 4.79 Å². The number of thiophene rings is 1. The predicted molar refractivity (Wildman–Crippen MR) is 162 cm³/mol. The van der Waals surface area contributed by atoms with E-state index in [1.165, 1.54) is 33.3 Å². The number of amides is 1. The van der Waals surface area contributed by atoms with E-state index >= 15 is 0 Å². The molecule has 0 aliphatic carbocycles. The lowest BCUT2D eigenvalue weighted by Crippen LogP contribution is -2.40. The number of thiazole rings is 1. The number of benzene rings is 2. The third-order valence-corrected chi connectivity index (χ3v) is 9.20. The second-order valence-corrected chi connectivity index (χ2v) is 12.0. The SMILES string of the molecule is CC1=C(C(=O)Nc2ccccc2)[C@H](c2cccs2)n2c(s/c(=C/c3ccc(Sc4ncccn4)c([N+](=O)[O-])c3)c2=O)=N1. The second-order valence-electron chi connectivity index (χ2n) is 9.04. The number of hydrogen-bond donors (Lipinski definition) is 1. The quantitative estimate of drug-likeness (QED) is 0.159. The van der Waals surface area contributed by atoms with Crippen molar-refractivity contribution in [3.63, 3.8) is 0 Å². The van der Waals surface area contributed by atoms with Crippen molar-refractivity contribution in [2.24, 2.45) is 4.99 Å². The van der Waals surface area contributed by atoms with E-state index in [4.69, 9.17) is 0 Å². The average molecular weight is 613 g/mol. The highest BCUT2D eigenvalue weighted by molar-refractivity contribution is 7.99. The molecular weight excluding hydrogens is 593 g/mol. The topological polar surface area (TPSA) is 132 Å². The number of rotatable bonds is 7. The number of fused-ring (bicyclic) bond motifs is 1. The van der Waals surface area contributed by atoms with Gasteiger partial charge in [0.2, 0.25) is 0 Å². The lowest BCUT2D eigenvalue weighted by atomic mass is 10.0. The van der Waals surface area contributed by atoms with Crippen LogP contribution in [0.2, 0.25) is 0 Å². The minimum absolute atomic E-state index is 0.124. The van der Waals surface area contributed by atoms with E-state index in [2.05, 4.69) is 20.3 Å². The molecule has 2 aromatic carbocycles. The first kappa shape index (κ1) is 27.4. The summed E-state index contributed by atoms with van der Waals surface area (Å²) in [5.74, 6) is -0.346. The zero-order valence-corrected chi connectivity index (χ0v) is 24.3. The molecule has 0 fully saturated rings. The number of hydrogen-bond acceptors (Lipinski definition) is 10. The van der Waals surface area contributed by atoms with Crippen LogP contribution >= 0.6 is 34.4 Å². The molecule has 1 atom stereocenters. The van der Waals surface area contributed by atoms with Crippen molar-refractivity contribution in [1.82, 2.24) is 14.5 Å². The molecule has 1 aliphatic heterocycles.